The first-order valence-corrected chi connectivity index (χ1v) is 10.3. The SMILES string of the molecule is O=C(N/N=C/c1cn(Cc2ccccc2F)c2ccccc12)c1cc2cc(Cl)ccc2o1. The molecule has 2 heterocycles. The topological polar surface area (TPSA) is 59.5 Å². The van der Waals surface area contributed by atoms with Crippen molar-refractivity contribution in [2.24, 2.45) is 5.10 Å². The zero-order valence-corrected chi connectivity index (χ0v) is 17.5. The lowest BCUT2D eigenvalue weighted by atomic mass is 10.2. The van der Waals surface area contributed by atoms with Crippen molar-refractivity contribution in [2.75, 3.05) is 0 Å². The van der Waals surface area contributed by atoms with Crippen LogP contribution in [0.15, 0.2) is 88.5 Å². The maximum Gasteiger partial charge on any atom is 0.307 e. The van der Waals surface area contributed by atoms with Gasteiger partial charge < -0.3 is 8.98 Å². The van der Waals surface area contributed by atoms with Crippen LogP contribution < -0.4 is 5.43 Å². The molecule has 5 nitrogen and oxygen atoms in total. The summed E-state index contributed by atoms with van der Waals surface area (Å²) in [6.07, 6.45) is 3.45. The largest absolute Gasteiger partial charge is 0.451 e. The Balaban J connectivity index is 1.38. The van der Waals surface area contributed by atoms with E-state index < -0.39 is 5.91 Å². The zero-order valence-electron chi connectivity index (χ0n) is 16.8. The molecule has 0 saturated heterocycles. The summed E-state index contributed by atoms with van der Waals surface area (Å²) in [6, 6.07) is 21.2. The van der Waals surface area contributed by atoms with Gasteiger partial charge in [-0.3, -0.25) is 4.79 Å². The number of furan rings is 1. The summed E-state index contributed by atoms with van der Waals surface area (Å²) in [4.78, 5) is 12.4. The number of carbonyl (C=O) groups excluding carboxylic acids is 1. The highest BCUT2D eigenvalue weighted by Gasteiger charge is 2.13. The first kappa shape index (κ1) is 20.0. The molecule has 0 aliphatic heterocycles. The fourth-order valence-electron chi connectivity index (χ4n) is 3.66. The van der Waals surface area contributed by atoms with Gasteiger partial charge in [0.1, 0.15) is 11.4 Å². The molecule has 2 aromatic heterocycles. The molecule has 0 aliphatic rings. The van der Waals surface area contributed by atoms with Gasteiger partial charge in [-0.05, 0) is 36.4 Å². The van der Waals surface area contributed by atoms with E-state index in [1.807, 2.05) is 41.1 Å². The number of benzene rings is 3. The van der Waals surface area contributed by atoms with Crippen molar-refractivity contribution in [3.63, 3.8) is 0 Å². The average molecular weight is 446 g/mol. The summed E-state index contributed by atoms with van der Waals surface area (Å²) in [5.74, 6) is -0.579. The van der Waals surface area contributed by atoms with Gasteiger partial charge in [0.2, 0.25) is 0 Å². The van der Waals surface area contributed by atoms with Crippen molar-refractivity contribution in [3.05, 3.63) is 107 Å². The third kappa shape index (κ3) is 3.88. The Morgan fingerprint density at radius 1 is 1.09 bits per heavy atom. The number of halogens is 2. The van der Waals surface area contributed by atoms with E-state index in [1.54, 1.807) is 42.6 Å². The van der Waals surface area contributed by atoms with Gasteiger partial charge in [-0.2, -0.15) is 5.10 Å². The van der Waals surface area contributed by atoms with Crippen LogP contribution in [0.2, 0.25) is 5.02 Å². The molecule has 0 saturated carbocycles. The van der Waals surface area contributed by atoms with Gasteiger partial charge in [0.15, 0.2) is 5.76 Å². The maximum atomic E-state index is 14.1. The molecular weight excluding hydrogens is 429 g/mol. The fraction of sp³-hybridized carbons (Fsp3) is 0.0400. The third-order valence-electron chi connectivity index (χ3n) is 5.19. The Kier molecular flexibility index (Phi) is 5.21. The van der Waals surface area contributed by atoms with Gasteiger partial charge in [0.05, 0.1) is 12.8 Å². The molecule has 0 unspecified atom stereocenters. The second kappa shape index (κ2) is 8.32. The molecule has 158 valence electrons. The van der Waals surface area contributed by atoms with Gasteiger partial charge in [0.25, 0.3) is 0 Å². The van der Waals surface area contributed by atoms with E-state index >= 15 is 0 Å². The summed E-state index contributed by atoms with van der Waals surface area (Å²) in [5, 5.41) is 6.34. The van der Waals surface area contributed by atoms with Gasteiger partial charge in [-0.15, -0.1) is 0 Å². The Morgan fingerprint density at radius 2 is 1.91 bits per heavy atom. The molecular formula is C25H17ClFN3O2. The van der Waals surface area contributed by atoms with Crippen LogP contribution in [0.25, 0.3) is 21.9 Å². The predicted molar refractivity (Wildman–Crippen MR) is 124 cm³/mol. The lowest BCUT2D eigenvalue weighted by Gasteiger charge is -2.06. The summed E-state index contributed by atoms with van der Waals surface area (Å²) in [6.45, 7) is 0.384. The Hall–Kier alpha value is -3.90. The highest BCUT2D eigenvalue weighted by molar-refractivity contribution is 6.31. The lowest BCUT2D eigenvalue weighted by Crippen LogP contribution is -2.16. The molecule has 0 spiro atoms. The highest BCUT2D eigenvalue weighted by Crippen LogP contribution is 2.24. The number of para-hydroxylation sites is 1. The van der Waals surface area contributed by atoms with Crippen LogP contribution in [0.1, 0.15) is 21.7 Å². The predicted octanol–water partition coefficient (Wildman–Crippen LogP) is 5.99. The van der Waals surface area contributed by atoms with E-state index in [0.717, 1.165) is 21.9 Å². The molecule has 1 amide bonds. The molecule has 0 radical (unpaired) electrons. The number of fused-ring (bicyclic) bond motifs is 2. The van der Waals surface area contributed by atoms with E-state index in [4.69, 9.17) is 16.0 Å². The van der Waals surface area contributed by atoms with E-state index in [-0.39, 0.29) is 11.6 Å². The van der Waals surface area contributed by atoms with Gasteiger partial charge in [0, 0.05) is 38.6 Å². The first-order chi connectivity index (χ1) is 15.6. The lowest BCUT2D eigenvalue weighted by molar-refractivity contribution is 0.0929. The molecule has 1 N–H and O–H groups in total. The number of hydrazone groups is 1. The van der Waals surface area contributed by atoms with Crippen molar-refractivity contribution < 1.29 is 13.6 Å². The van der Waals surface area contributed by atoms with Crippen LogP contribution >= 0.6 is 11.6 Å². The van der Waals surface area contributed by atoms with E-state index in [0.29, 0.717) is 22.7 Å². The monoisotopic (exact) mass is 445 g/mol. The minimum absolute atomic E-state index is 0.140. The van der Waals surface area contributed by atoms with Crippen LogP contribution in [0, 0.1) is 5.82 Å². The molecule has 5 rings (SSSR count). The maximum absolute atomic E-state index is 14.1. The van der Waals surface area contributed by atoms with Crippen molar-refractivity contribution in [1.82, 2.24) is 9.99 Å². The van der Waals surface area contributed by atoms with Crippen LogP contribution in [-0.4, -0.2) is 16.7 Å². The molecule has 0 atom stereocenters. The smallest absolute Gasteiger partial charge is 0.307 e. The number of hydrogen-bond acceptors (Lipinski definition) is 3. The van der Waals surface area contributed by atoms with Crippen molar-refractivity contribution in [2.45, 2.75) is 6.54 Å². The van der Waals surface area contributed by atoms with Gasteiger partial charge in [-0.25, -0.2) is 9.82 Å². The van der Waals surface area contributed by atoms with E-state index in [2.05, 4.69) is 10.5 Å². The third-order valence-corrected chi connectivity index (χ3v) is 5.42. The normalized spacial score (nSPS) is 11.6. The molecule has 7 heteroatoms. The van der Waals surface area contributed by atoms with E-state index in [9.17, 15) is 9.18 Å². The Bertz CT molecular complexity index is 1490. The molecule has 0 aliphatic carbocycles. The van der Waals surface area contributed by atoms with E-state index in [1.165, 1.54) is 6.07 Å². The van der Waals surface area contributed by atoms with Crippen LogP contribution in [0.3, 0.4) is 0 Å². The molecule has 0 bridgehead atoms. The second-order valence-corrected chi connectivity index (χ2v) is 7.75. The minimum atomic E-state index is -0.469. The standard InChI is InChI=1S/C25H17ClFN3O2/c26-19-9-10-23-17(11-19)12-24(32-23)25(31)29-28-13-18-15-30(22-8-4-2-6-20(18)22)14-16-5-1-3-7-21(16)27/h1-13,15H,14H2,(H,29,31)/b28-13+. The van der Waals surface area contributed by atoms with Crippen LogP contribution in [0.5, 0.6) is 0 Å². The minimum Gasteiger partial charge on any atom is -0.451 e. The number of nitrogens with zero attached hydrogens (tertiary/aromatic N) is 2. The first-order valence-electron chi connectivity index (χ1n) is 9.92. The molecule has 0 fully saturated rings. The summed E-state index contributed by atoms with van der Waals surface area (Å²) in [7, 11) is 0. The number of carbonyl (C=O) groups is 1. The Morgan fingerprint density at radius 3 is 2.78 bits per heavy atom. The van der Waals surface area contributed by atoms with Gasteiger partial charge in [-0.1, -0.05) is 48.0 Å². The summed E-state index contributed by atoms with van der Waals surface area (Å²) < 4.78 is 21.6. The van der Waals surface area contributed by atoms with Crippen LogP contribution in [-0.2, 0) is 6.54 Å². The molecule has 5 aromatic rings. The number of amides is 1. The van der Waals surface area contributed by atoms with Crippen LogP contribution in [0.4, 0.5) is 4.39 Å². The van der Waals surface area contributed by atoms with Gasteiger partial charge >= 0.3 is 5.91 Å². The number of aromatic nitrogens is 1. The zero-order chi connectivity index (χ0) is 22.1. The average Bonchev–Trinajstić information content (AvgIpc) is 3.37. The molecule has 32 heavy (non-hydrogen) atoms. The number of rotatable bonds is 5. The quantitative estimate of drug-likeness (QED) is 0.267. The van der Waals surface area contributed by atoms with Crippen molar-refractivity contribution in [3.8, 4) is 0 Å². The molecule has 3 aromatic carbocycles. The van der Waals surface area contributed by atoms with Crippen molar-refractivity contribution >= 4 is 45.6 Å². The number of hydrogen-bond donors (Lipinski definition) is 1. The summed E-state index contributed by atoms with van der Waals surface area (Å²) in [5.41, 5.74) is 5.39. The number of nitrogens with one attached hydrogen (secondary N) is 1. The highest BCUT2D eigenvalue weighted by atomic mass is 35.5. The second-order valence-electron chi connectivity index (χ2n) is 7.31. The summed E-state index contributed by atoms with van der Waals surface area (Å²) >= 11 is 5.98. The van der Waals surface area contributed by atoms with Crippen molar-refractivity contribution in [1.29, 1.82) is 0 Å². The fourth-order valence-corrected chi connectivity index (χ4v) is 3.84. The Labute approximate surface area is 187 Å².